The summed E-state index contributed by atoms with van der Waals surface area (Å²) in [5.41, 5.74) is 1.14. The number of methoxy groups -OCH3 is 1. The Morgan fingerprint density at radius 3 is 2.76 bits per heavy atom. The van der Waals surface area contributed by atoms with Crippen molar-refractivity contribution in [2.24, 2.45) is 0 Å². The Bertz CT molecular complexity index is 504. The van der Waals surface area contributed by atoms with E-state index < -0.39 is 6.04 Å². The van der Waals surface area contributed by atoms with Crippen LogP contribution in [-0.4, -0.2) is 49.3 Å². The summed E-state index contributed by atoms with van der Waals surface area (Å²) >= 11 is 1.70. The summed E-state index contributed by atoms with van der Waals surface area (Å²) in [6.45, 7) is 2.00. The molecule has 5 nitrogen and oxygen atoms in total. The number of hydrogen-bond donors (Lipinski definition) is 1. The Hall–Kier alpha value is -1.53. The van der Waals surface area contributed by atoms with Gasteiger partial charge in [-0.05, 0) is 24.0 Å². The van der Waals surface area contributed by atoms with Gasteiger partial charge in [-0.25, -0.2) is 0 Å². The maximum Gasteiger partial charge on any atom is 0.307 e. The van der Waals surface area contributed by atoms with Gasteiger partial charge in [0.25, 0.3) is 0 Å². The molecular formula is C15H20N2O3S. The number of ether oxygens (including phenoxy) is 1. The molecule has 1 atom stereocenters. The molecule has 0 saturated carbocycles. The number of carbonyl (C=O) groups is 2. The molecule has 1 aliphatic rings. The van der Waals surface area contributed by atoms with Gasteiger partial charge in [0.1, 0.15) is 6.04 Å². The van der Waals surface area contributed by atoms with E-state index in [0.29, 0.717) is 13.1 Å². The molecule has 2 rings (SSSR count). The molecule has 1 aromatic rings. The molecule has 0 radical (unpaired) electrons. The van der Waals surface area contributed by atoms with Crippen LogP contribution < -0.4 is 5.32 Å². The van der Waals surface area contributed by atoms with Gasteiger partial charge in [-0.1, -0.05) is 12.1 Å². The smallest absolute Gasteiger partial charge is 0.307 e. The summed E-state index contributed by atoms with van der Waals surface area (Å²) < 4.78 is 4.68. The van der Waals surface area contributed by atoms with Crippen molar-refractivity contribution in [3.8, 4) is 0 Å². The average molecular weight is 308 g/mol. The van der Waals surface area contributed by atoms with Gasteiger partial charge in [0.05, 0.1) is 13.5 Å². The summed E-state index contributed by atoms with van der Waals surface area (Å²) in [4.78, 5) is 26.7. The van der Waals surface area contributed by atoms with Crippen molar-refractivity contribution in [3.05, 3.63) is 29.8 Å². The van der Waals surface area contributed by atoms with Crippen molar-refractivity contribution >= 4 is 23.6 Å². The fraction of sp³-hybridized carbons (Fsp3) is 0.467. The fourth-order valence-corrected chi connectivity index (χ4v) is 2.79. The van der Waals surface area contributed by atoms with Crippen LogP contribution in [0.2, 0.25) is 0 Å². The predicted molar refractivity (Wildman–Crippen MR) is 82.1 cm³/mol. The van der Waals surface area contributed by atoms with Crippen molar-refractivity contribution < 1.29 is 14.3 Å². The van der Waals surface area contributed by atoms with E-state index >= 15 is 0 Å². The molecule has 0 spiro atoms. The van der Waals surface area contributed by atoms with E-state index in [-0.39, 0.29) is 18.3 Å². The van der Waals surface area contributed by atoms with Crippen molar-refractivity contribution in [2.45, 2.75) is 23.9 Å². The van der Waals surface area contributed by atoms with Crippen LogP contribution >= 0.6 is 11.8 Å². The van der Waals surface area contributed by atoms with Gasteiger partial charge < -0.3 is 10.1 Å². The number of benzene rings is 1. The van der Waals surface area contributed by atoms with E-state index in [9.17, 15) is 9.59 Å². The standard InChI is InChI=1S/C15H20N2O3S/c1-20-14(18)9-13-15(19)16-7-8-17(13)10-11-3-5-12(21-2)6-4-11/h3-6,13H,7-10H2,1-2H3,(H,16,19). The minimum atomic E-state index is -0.452. The van der Waals surface area contributed by atoms with Gasteiger partial charge >= 0.3 is 5.97 Å². The van der Waals surface area contributed by atoms with E-state index in [4.69, 9.17) is 0 Å². The molecule has 1 amide bonds. The van der Waals surface area contributed by atoms with Gasteiger partial charge in [0.2, 0.25) is 5.91 Å². The number of esters is 1. The second-order valence-electron chi connectivity index (χ2n) is 4.91. The number of piperazine rings is 1. The summed E-state index contributed by atoms with van der Waals surface area (Å²) in [7, 11) is 1.34. The Morgan fingerprint density at radius 2 is 2.14 bits per heavy atom. The molecule has 0 aromatic heterocycles. The lowest BCUT2D eigenvalue weighted by atomic mass is 10.1. The normalized spacial score (nSPS) is 19.1. The fourth-order valence-electron chi connectivity index (χ4n) is 2.38. The van der Waals surface area contributed by atoms with Gasteiger partial charge in [0, 0.05) is 24.5 Å². The van der Waals surface area contributed by atoms with Crippen LogP contribution in [0.4, 0.5) is 0 Å². The number of carbonyl (C=O) groups excluding carboxylic acids is 2. The summed E-state index contributed by atoms with van der Waals surface area (Å²) in [6.07, 6.45) is 2.13. The third-order valence-corrected chi connectivity index (χ3v) is 4.32. The van der Waals surface area contributed by atoms with Gasteiger partial charge in [-0.3, -0.25) is 14.5 Å². The van der Waals surface area contributed by atoms with E-state index in [1.165, 1.54) is 12.0 Å². The van der Waals surface area contributed by atoms with Gasteiger partial charge in [-0.2, -0.15) is 0 Å². The number of rotatable bonds is 5. The number of amides is 1. The highest BCUT2D eigenvalue weighted by Crippen LogP contribution is 2.18. The zero-order valence-electron chi connectivity index (χ0n) is 12.3. The van der Waals surface area contributed by atoms with Crippen LogP contribution in [0.5, 0.6) is 0 Å². The van der Waals surface area contributed by atoms with Crippen LogP contribution in [0.15, 0.2) is 29.2 Å². The minimum Gasteiger partial charge on any atom is -0.469 e. The van der Waals surface area contributed by atoms with Crippen molar-refractivity contribution in [1.29, 1.82) is 0 Å². The van der Waals surface area contributed by atoms with Crippen LogP contribution in [0.1, 0.15) is 12.0 Å². The Kier molecular flexibility index (Phi) is 5.64. The van der Waals surface area contributed by atoms with Crippen molar-refractivity contribution in [3.63, 3.8) is 0 Å². The highest BCUT2D eigenvalue weighted by molar-refractivity contribution is 7.98. The van der Waals surface area contributed by atoms with E-state index in [1.807, 2.05) is 11.2 Å². The lowest BCUT2D eigenvalue weighted by Crippen LogP contribution is -2.55. The molecule has 1 saturated heterocycles. The highest BCUT2D eigenvalue weighted by atomic mass is 32.2. The van der Waals surface area contributed by atoms with Crippen LogP contribution in [0, 0.1) is 0 Å². The molecule has 1 heterocycles. The van der Waals surface area contributed by atoms with E-state index in [0.717, 1.165) is 12.1 Å². The SMILES string of the molecule is COC(=O)CC1C(=O)NCCN1Cc1ccc(SC)cc1. The predicted octanol–water partition coefficient (Wildman–Crippen LogP) is 1.27. The van der Waals surface area contributed by atoms with E-state index in [2.05, 4.69) is 34.3 Å². The minimum absolute atomic E-state index is 0.0885. The third-order valence-electron chi connectivity index (χ3n) is 3.57. The molecule has 114 valence electrons. The molecule has 0 bridgehead atoms. The lowest BCUT2D eigenvalue weighted by Gasteiger charge is -2.34. The van der Waals surface area contributed by atoms with Crippen LogP contribution in [0.25, 0.3) is 0 Å². The molecular weight excluding hydrogens is 288 g/mol. The van der Waals surface area contributed by atoms with E-state index in [1.54, 1.807) is 11.8 Å². The van der Waals surface area contributed by atoms with Gasteiger partial charge in [-0.15, -0.1) is 11.8 Å². The first-order chi connectivity index (χ1) is 10.1. The first-order valence-electron chi connectivity index (χ1n) is 6.85. The maximum atomic E-state index is 12.0. The molecule has 1 aromatic carbocycles. The lowest BCUT2D eigenvalue weighted by molar-refractivity contribution is -0.146. The number of hydrogen-bond acceptors (Lipinski definition) is 5. The highest BCUT2D eigenvalue weighted by Gasteiger charge is 2.31. The molecule has 1 fully saturated rings. The summed E-state index contributed by atoms with van der Waals surface area (Å²) in [5.74, 6) is -0.466. The number of thioether (sulfide) groups is 1. The van der Waals surface area contributed by atoms with Crippen LogP contribution in [0.3, 0.4) is 0 Å². The molecule has 1 unspecified atom stereocenters. The molecule has 0 aliphatic carbocycles. The van der Waals surface area contributed by atoms with Crippen molar-refractivity contribution in [1.82, 2.24) is 10.2 Å². The zero-order valence-corrected chi connectivity index (χ0v) is 13.1. The third kappa shape index (κ3) is 4.22. The second kappa shape index (κ2) is 7.47. The Labute approximate surface area is 129 Å². The quantitative estimate of drug-likeness (QED) is 0.656. The molecule has 6 heteroatoms. The largest absolute Gasteiger partial charge is 0.469 e. The monoisotopic (exact) mass is 308 g/mol. The maximum absolute atomic E-state index is 12.0. The topological polar surface area (TPSA) is 58.6 Å². The molecule has 1 N–H and O–H groups in total. The summed E-state index contributed by atoms with van der Waals surface area (Å²) in [5, 5.41) is 2.80. The molecule has 21 heavy (non-hydrogen) atoms. The Balaban J connectivity index is 2.06. The Morgan fingerprint density at radius 1 is 1.43 bits per heavy atom. The average Bonchev–Trinajstić information content (AvgIpc) is 2.51. The summed E-state index contributed by atoms with van der Waals surface area (Å²) in [6, 6.07) is 7.81. The first-order valence-corrected chi connectivity index (χ1v) is 8.08. The van der Waals surface area contributed by atoms with Crippen LogP contribution in [-0.2, 0) is 20.9 Å². The van der Waals surface area contributed by atoms with Crippen molar-refractivity contribution in [2.75, 3.05) is 26.5 Å². The number of nitrogens with one attached hydrogen (secondary N) is 1. The first kappa shape index (κ1) is 15.9. The second-order valence-corrected chi connectivity index (χ2v) is 5.79. The number of nitrogens with zero attached hydrogens (tertiary/aromatic N) is 1. The van der Waals surface area contributed by atoms with Gasteiger partial charge in [0.15, 0.2) is 0 Å². The zero-order chi connectivity index (χ0) is 15.2. The molecule has 1 aliphatic heterocycles.